The fourth-order valence-corrected chi connectivity index (χ4v) is 5.89. The summed E-state index contributed by atoms with van der Waals surface area (Å²) in [4.78, 5) is 31.4. The van der Waals surface area contributed by atoms with Gasteiger partial charge in [-0.05, 0) is 72.7 Å². The number of benzene rings is 1. The van der Waals surface area contributed by atoms with Gasteiger partial charge in [0.15, 0.2) is 0 Å². The van der Waals surface area contributed by atoms with Crippen LogP contribution in [0.25, 0.3) is 0 Å². The number of rotatable bonds is 3. The molecule has 1 amide bonds. The van der Waals surface area contributed by atoms with Crippen molar-refractivity contribution in [2.45, 2.75) is 42.3 Å². The van der Waals surface area contributed by atoms with Gasteiger partial charge in [0.25, 0.3) is 5.91 Å². The summed E-state index contributed by atoms with van der Waals surface area (Å²) in [6, 6.07) is 7.89. The predicted molar refractivity (Wildman–Crippen MR) is 139 cm³/mol. The van der Waals surface area contributed by atoms with E-state index < -0.39 is 0 Å². The van der Waals surface area contributed by atoms with Gasteiger partial charge in [0.05, 0.1) is 11.9 Å². The van der Waals surface area contributed by atoms with Crippen LogP contribution >= 0.6 is 11.8 Å². The molecule has 10 heteroatoms. The van der Waals surface area contributed by atoms with Crippen LogP contribution in [0, 0.1) is 24.2 Å². The molecule has 1 spiro atoms. The number of amides is 1. The van der Waals surface area contributed by atoms with Gasteiger partial charge < -0.3 is 21.7 Å². The third kappa shape index (κ3) is 4.72. The normalized spacial score (nSPS) is 17.9. The molecule has 1 atom stereocenters. The molecule has 5 N–H and O–H groups in total. The minimum Gasteiger partial charge on any atom is -0.368 e. The van der Waals surface area contributed by atoms with E-state index >= 15 is 0 Å². The Morgan fingerprint density at radius 3 is 2.72 bits per heavy atom. The van der Waals surface area contributed by atoms with E-state index in [1.165, 1.54) is 17.3 Å². The molecule has 0 radical (unpaired) electrons. The molecule has 1 aliphatic heterocycles. The Morgan fingerprint density at radius 2 is 2.00 bits per heavy atom. The van der Waals surface area contributed by atoms with Crippen LogP contribution in [0.3, 0.4) is 0 Å². The largest absolute Gasteiger partial charge is 0.368 e. The van der Waals surface area contributed by atoms with Crippen LogP contribution in [0.4, 0.5) is 11.8 Å². The molecule has 184 valence electrons. The van der Waals surface area contributed by atoms with Crippen LogP contribution in [0.2, 0.25) is 0 Å². The highest BCUT2D eigenvalue weighted by atomic mass is 32.2. The number of aromatic nitrogens is 4. The number of carbonyl (C=O) groups excluding carboxylic acids is 1. The first kappa shape index (κ1) is 24.0. The first-order valence-corrected chi connectivity index (χ1v) is 12.7. The van der Waals surface area contributed by atoms with Crippen LogP contribution in [-0.2, 0) is 11.2 Å². The first-order chi connectivity index (χ1) is 17.4. The Morgan fingerprint density at radius 1 is 1.19 bits per heavy atom. The molecule has 0 saturated carbocycles. The van der Waals surface area contributed by atoms with Gasteiger partial charge in [-0.2, -0.15) is 0 Å². The van der Waals surface area contributed by atoms with Crippen LogP contribution in [0.5, 0.6) is 0 Å². The molecule has 36 heavy (non-hydrogen) atoms. The number of carbonyl (C=O) groups is 1. The summed E-state index contributed by atoms with van der Waals surface area (Å²) in [6.07, 6.45) is 6.32. The fraction of sp³-hybridized carbons (Fsp3) is 0.346. The van der Waals surface area contributed by atoms with E-state index in [0.29, 0.717) is 0 Å². The van der Waals surface area contributed by atoms with E-state index in [-0.39, 0.29) is 23.3 Å². The molecule has 1 fully saturated rings. The topological polar surface area (TPSA) is 136 Å². The number of nitrogens with two attached hydrogens (primary N) is 2. The highest BCUT2D eigenvalue weighted by Crippen LogP contribution is 2.51. The molecule has 1 saturated heterocycles. The van der Waals surface area contributed by atoms with E-state index in [4.69, 9.17) is 21.4 Å². The lowest BCUT2D eigenvalue weighted by Gasteiger charge is -2.42. The Balaban J connectivity index is 1.27. The quantitative estimate of drug-likeness (QED) is 0.365. The maximum absolute atomic E-state index is 11.5. The summed E-state index contributed by atoms with van der Waals surface area (Å²) in [5, 5.41) is 4.03. The number of piperidine rings is 1. The Hall–Kier alpha value is -3.68. The van der Waals surface area contributed by atoms with Crippen LogP contribution < -0.4 is 21.7 Å². The lowest BCUT2D eigenvalue weighted by Crippen LogP contribution is -2.44. The molecule has 2 aromatic heterocycles. The van der Waals surface area contributed by atoms with E-state index in [1.54, 1.807) is 25.5 Å². The van der Waals surface area contributed by atoms with Crippen LogP contribution in [0.15, 0.2) is 46.7 Å². The second-order valence-electron chi connectivity index (χ2n) is 9.22. The Kier molecular flexibility index (Phi) is 6.51. The van der Waals surface area contributed by atoms with Gasteiger partial charge in [0.2, 0.25) is 5.95 Å². The molecule has 1 aromatic carbocycles. The van der Waals surface area contributed by atoms with Gasteiger partial charge >= 0.3 is 0 Å². The number of hydrogen-bond acceptors (Lipinski definition) is 9. The van der Waals surface area contributed by atoms with Crippen molar-refractivity contribution in [1.82, 2.24) is 25.3 Å². The first-order valence-electron chi connectivity index (χ1n) is 11.8. The zero-order valence-electron chi connectivity index (χ0n) is 20.3. The molecule has 3 aromatic rings. The standard InChI is InChI=1S/C26H28N8OS/c1-16-24(31-15-22(32-16)36-21-7-10-30-25(28)33-21)34-11-8-26(9-12-34)14-18-5-3-17(4-6-20(35)29-2)13-19(18)23(26)27/h3,5,7,10,13,15,23H,8-9,11-12,14,27H2,1-2H3,(H,29,35)(H2,28,30,33)/t23-/m1/s1. The number of nitrogen functional groups attached to an aromatic ring is 1. The van der Waals surface area contributed by atoms with Crippen molar-refractivity contribution >= 4 is 29.4 Å². The minimum absolute atomic E-state index is 0.0236. The summed E-state index contributed by atoms with van der Waals surface area (Å²) >= 11 is 1.42. The summed E-state index contributed by atoms with van der Waals surface area (Å²) < 4.78 is 0. The van der Waals surface area contributed by atoms with Crippen molar-refractivity contribution in [2.24, 2.45) is 11.1 Å². The van der Waals surface area contributed by atoms with Crippen molar-refractivity contribution in [1.29, 1.82) is 0 Å². The van der Waals surface area contributed by atoms with Gasteiger partial charge in [-0.1, -0.05) is 12.0 Å². The summed E-state index contributed by atoms with van der Waals surface area (Å²) in [5.74, 6) is 6.39. The Bertz CT molecular complexity index is 1370. The second kappa shape index (κ2) is 9.76. The minimum atomic E-state index is -0.299. The monoisotopic (exact) mass is 500 g/mol. The number of nitrogens with zero attached hydrogens (tertiary/aromatic N) is 5. The maximum atomic E-state index is 11.5. The van der Waals surface area contributed by atoms with Gasteiger partial charge in [0.1, 0.15) is 15.9 Å². The molecule has 9 nitrogen and oxygen atoms in total. The van der Waals surface area contributed by atoms with Gasteiger partial charge in [0, 0.05) is 43.9 Å². The number of anilines is 2. The number of fused-ring (bicyclic) bond motifs is 1. The van der Waals surface area contributed by atoms with Crippen LogP contribution in [-0.4, -0.2) is 46.0 Å². The number of nitrogens with one attached hydrogen (secondary N) is 1. The molecule has 3 heterocycles. The third-order valence-corrected chi connectivity index (χ3v) is 7.89. The van der Waals surface area contributed by atoms with E-state index in [0.717, 1.165) is 65.0 Å². The SMILES string of the molecule is CNC(=O)C#Cc1ccc2c(c1)[C@@H](N)C1(CCN(c3ncc(Sc4ccnc(N)n4)nc3C)CC1)C2. The number of aryl methyl sites for hydroxylation is 1. The lowest BCUT2D eigenvalue weighted by molar-refractivity contribution is -0.115. The molecular weight excluding hydrogens is 472 g/mol. The highest BCUT2D eigenvalue weighted by molar-refractivity contribution is 7.99. The molecular formula is C26H28N8OS. The predicted octanol–water partition coefficient (Wildman–Crippen LogP) is 2.25. The van der Waals surface area contributed by atoms with Crippen molar-refractivity contribution < 1.29 is 4.79 Å². The van der Waals surface area contributed by atoms with E-state index in [9.17, 15) is 4.79 Å². The highest BCUT2D eigenvalue weighted by Gasteiger charge is 2.46. The summed E-state index contributed by atoms with van der Waals surface area (Å²) in [7, 11) is 1.57. The van der Waals surface area contributed by atoms with Gasteiger partial charge in [-0.25, -0.2) is 19.9 Å². The van der Waals surface area contributed by atoms with Crippen molar-refractivity contribution in [2.75, 3.05) is 30.8 Å². The third-order valence-electron chi connectivity index (χ3n) is 7.05. The van der Waals surface area contributed by atoms with Crippen LogP contribution in [0.1, 0.15) is 41.3 Å². The average Bonchev–Trinajstić information content (AvgIpc) is 3.14. The maximum Gasteiger partial charge on any atom is 0.295 e. The summed E-state index contributed by atoms with van der Waals surface area (Å²) in [6.45, 7) is 3.73. The lowest BCUT2D eigenvalue weighted by atomic mass is 9.73. The van der Waals surface area contributed by atoms with Gasteiger partial charge in [-0.15, -0.1) is 0 Å². The number of hydrogen-bond donors (Lipinski definition) is 3. The fourth-order valence-electron chi connectivity index (χ4n) is 5.12. The zero-order chi connectivity index (χ0) is 25.3. The average molecular weight is 501 g/mol. The van der Waals surface area contributed by atoms with E-state index in [1.807, 2.05) is 19.1 Å². The summed E-state index contributed by atoms with van der Waals surface area (Å²) in [5.41, 5.74) is 16.7. The molecule has 0 unspecified atom stereocenters. The van der Waals surface area contributed by atoms with Crippen molar-refractivity contribution in [3.8, 4) is 11.8 Å². The molecule has 5 rings (SSSR count). The molecule has 0 bridgehead atoms. The van der Waals surface area contributed by atoms with Crippen molar-refractivity contribution in [3.63, 3.8) is 0 Å². The van der Waals surface area contributed by atoms with Gasteiger partial charge in [-0.3, -0.25) is 4.79 Å². The zero-order valence-corrected chi connectivity index (χ0v) is 21.1. The smallest absolute Gasteiger partial charge is 0.295 e. The molecule has 1 aliphatic carbocycles. The molecule has 2 aliphatic rings. The second-order valence-corrected chi connectivity index (χ2v) is 10.3. The van der Waals surface area contributed by atoms with E-state index in [2.05, 4.69) is 38.1 Å². The van der Waals surface area contributed by atoms with Crippen molar-refractivity contribution in [3.05, 3.63) is 59.0 Å². The Labute approximate surface area is 214 Å².